The number of benzene rings is 1. The van der Waals surface area contributed by atoms with Crippen LogP contribution in [0.4, 0.5) is 0 Å². The third-order valence-corrected chi connectivity index (χ3v) is 4.52. The maximum Gasteiger partial charge on any atom is 0.0458 e. The Bertz CT molecular complexity index is 423. The molecule has 21 heavy (non-hydrogen) atoms. The number of halogens is 2. The molecule has 1 N–H and O–H groups in total. The fraction of sp³-hybridized carbons (Fsp3) is 0.667. The number of hydrogen-bond acceptors (Lipinski definition) is 1. The van der Waals surface area contributed by atoms with Crippen molar-refractivity contribution in [2.45, 2.75) is 58.8 Å². The van der Waals surface area contributed by atoms with Gasteiger partial charge >= 0.3 is 0 Å². The smallest absolute Gasteiger partial charge is 0.0458 e. The van der Waals surface area contributed by atoms with Crippen molar-refractivity contribution in [1.29, 1.82) is 0 Å². The van der Waals surface area contributed by atoms with Gasteiger partial charge in [0.05, 0.1) is 0 Å². The highest BCUT2D eigenvalue weighted by molar-refractivity contribution is 6.35. The molecule has 1 aromatic rings. The van der Waals surface area contributed by atoms with E-state index in [-0.39, 0.29) is 5.41 Å². The van der Waals surface area contributed by atoms with E-state index in [4.69, 9.17) is 23.2 Å². The van der Waals surface area contributed by atoms with Gasteiger partial charge in [0.15, 0.2) is 0 Å². The normalized spacial score (nSPS) is 12.1. The van der Waals surface area contributed by atoms with Crippen LogP contribution < -0.4 is 5.32 Å². The molecule has 0 unspecified atom stereocenters. The van der Waals surface area contributed by atoms with E-state index in [1.807, 2.05) is 12.1 Å². The average molecular weight is 330 g/mol. The first-order chi connectivity index (χ1) is 9.95. The second-order valence-corrected chi connectivity index (χ2v) is 7.27. The summed E-state index contributed by atoms with van der Waals surface area (Å²) in [6.07, 6.45) is 4.60. The van der Waals surface area contributed by atoms with Crippen molar-refractivity contribution < 1.29 is 0 Å². The molecule has 0 saturated heterocycles. The zero-order valence-corrected chi connectivity index (χ0v) is 15.3. The first kappa shape index (κ1) is 18.8. The van der Waals surface area contributed by atoms with Crippen LogP contribution in [0.5, 0.6) is 0 Å². The monoisotopic (exact) mass is 329 g/mol. The molecule has 1 nitrogen and oxygen atoms in total. The van der Waals surface area contributed by atoms with Crippen LogP contribution in [-0.2, 0) is 5.41 Å². The van der Waals surface area contributed by atoms with Gasteiger partial charge in [-0.2, -0.15) is 0 Å². The van der Waals surface area contributed by atoms with Crippen molar-refractivity contribution in [2.24, 2.45) is 5.92 Å². The topological polar surface area (TPSA) is 12.0 Å². The van der Waals surface area contributed by atoms with Gasteiger partial charge in [0.25, 0.3) is 0 Å². The van der Waals surface area contributed by atoms with Crippen LogP contribution in [0.25, 0.3) is 0 Å². The fourth-order valence-electron chi connectivity index (χ4n) is 3.14. The Hall–Kier alpha value is -0.240. The van der Waals surface area contributed by atoms with Crippen LogP contribution in [0.3, 0.4) is 0 Å². The van der Waals surface area contributed by atoms with Gasteiger partial charge in [-0.1, -0.05) is 69.8 Å². The molecule has 0 aliphatic carbocycles. The van der Waals surface area contributed by atoms with Crippen LogP contribution in [0.1, 0.15) is 58.9 Å². The van der Waals surface area contributed by atoms with Gasteiger partial charge in [-0.3, -0.25) is 0 Å². The van der Waals surface area contributed by atoms with Crippen molar-refractivity contribution in [3.8, 4) is 0 Å². The van der Waals surface area contributed by atoms with E-state index in [2.05, 4.69) is 39.1 Å². The first-order valence-electron chi connectivity index (χ1n) is 8.11. The summed E-state index contributed by atoms with van der Waals surface area (Å²) in [6, 6.07) is 5.96. The Labute approximate surface area is 140 Å². The Kier molecular flexibility index (Phi) is 8.08. The van der Waals surface area contributed by atoms with E-state index >= 15 is 0 Å². The summed E-state index contributed by atoms with van der Waals surface area (Å²) in [7, 11) is 0. The van der Waals surface area contributed by atoms with Gasteiger partial charge in [-0.15, -0.1) is 0 Å². The molecule has 1 rings (SSSR count). The molecule has 0 aliphatic rings. The van der Waals surface area contributed by atoms with Gasteiger partial charge in [-0.25, -0.2) is 0 Å². The molecular formula is C18H29Cl2N. The quantitative estimate of drug-likeness (QED) is 0.579. The summed E-state index contributed by atoms with van der Waals surface area (Å²) in [4.78, 5) is 0. The molecule has 0 atom stereocenters. The van der Waals surface area contributed by atoms with Crippen LogP contribution in [0.15, 0.2) is 18.2 Å². The summed E-state index contributed by atoms with van der Waals surface area (Å²) < 4.78 is 0. The number of hydrogen-bond donors (Lipinski definition) is 1. The lowest BCUT2D eigenvalue weighted by Gasteiger charge is -2.36. The highest BCUT2D eigenvalue weighted by atomic mass is 35.5. The van der Waals surface area contributed by atoms with Crippen molar-refractivity contribution in [1.82, 2.24) is 5.32 Å². The second kappa shape index (κ2) is 9.02. The predicted octanol–water partition coefficient (Wildman–Crippen LogP) is 6.08. The van der Waals surface area contributed by atoms with Gasteiger partial charge < -0.3 is 5.32 Å². The predicted molar refractivity (Wildman–Crippen MR) is 95.7 cm³/mol. The standard InChI is InChI=1S/C18H29Cl2N/c1-5-9-18(10-6-2,13-21-12-14(3)4)16-8-7-15(19)11-17(16)20/h7-8,11,14,21H,5-6,9-10,12-13H2,1-4H3. The Morgan fingerprint density at radius 1 is 1.10 bits per heavy atom. The van der Waals surface area contributed by atoms with Gasteiger partial charge in [0.2, 0.25) is 0 Å². The van der Waals surface area contributed by atoms with E-state index in [1.165, 1.54) is 5.56 Å². The lowest BCUT2D eigenvalue weighted by molar-refractivity contribution is 0.328. The molecular weight excluding hydrogens is 301 g/mol. The largest absolute Gasteiger partial charge is 0.316 e. The van der Waals surface area contributed by atoms with Gasteiger partial charge in [0, 0.05) is 22.0 Å². The van der Waals surface area contributed by atoms with Crippen molar-refractivity contribution in [3.63, 3.8) is 0 Å². The molecule has 0 aromatic heterocycles. The van der Waals surface area contributed by atoms with Crippen LogP contribution in [0, 0.1) is 5.92 Å². The molecule has 0 amide bonds. The van der Waals surface area contributed by atoms with Gasteiger partial charge in [-0.05, 0) is 43.0 Å². The number of nitrogens with one attached hydrogen (secondary N) is 1. The molecule has 120 valence electrons. The maximum atomic E-state index is 6.51. The minimum Gasteiger partial charge on any atom is -0.316 e. The van der Waals surface area contributed by atoms with E-state index in [0.717, 1.165) is 43.8 Å². The summed E-state index contributed by atoms with van der Waals surface area (Å²) in [5.74, 6) is 0.659. The van der Waals surface area contributed by atoms with Crippen LogP contribution in [-0.4, -0.2) is 13.1 Å². The third-order valence-electron chi connectivity index (χ3n) is 3.98. The highest BCUT2D eigenvalue weighted by Crippen LogP contribution is 2.39. The zero-order chi connectivity index (χ0) is 15.9. The first-order valence-corrected chi connectivity index (χ1v) is 8.87. The van der Waals surface area contributed by atoms with Crippen LogP contribution >= 0.6 is 23.2 Å². The fourth-order valence-corrected chi connectivity index (χ4v) is 3.75. The van der Waals surface area contributed by atoms with Crippen molar-refractivity contribution in [3.05, 3.63) is 33.8 Å². The molecule has 0 saturated carbocycles. The van der Waals surface area contributed by atoms with E-state index < -0.39 is 0 Å². The molecule has 3 heteroatoms. The molecule has 0 radical (unpaired) electrons. The second-order valence-electron chi connectivity index (χ2n) is 6.43. The average Bonchev–Trinajstić information content (AvgIpc) is 2.38. The Balaban J connectivity index is 3.08. The SMILES string of the molecule is CCCC(CCC)(CNCC(C)C)c1ccc(Cl)cc1Cl. The summed E-state index contributed by atoms with van der Waals surface area (Å²) in [5.41, 5.74) is 1.36. The molecule has 0 bridgehead atoms. The molecule has 0 aliphatic heterocycles. The van der Waals surface area contributed by atoms with E-state index in [9.17, 15) is 0 Å². The molecule has 1 aromatic carbocycles. The lowest BCUT2D eigenvalue weighted by Crippen LogP contribution is -2.39. The molecule has 0 spiro atoms. The summed E-state index contributed by atoms with van der Waals surface area (Å²) in [6.45, 7) is 11.0. The van der Waals surface area contributed by atoms with Crippen LogP contribution in [0.2, 0.25) is 10.0 Å². The summed E-state index contributed by atoms with van der Waals surface area (Å²) in [5, 5.41) is 5.15. The maximum absolute atomic E-state index is 6.51. The summed E-state index contributed by atoms with van der Waals surface area (Å²) >= 11 is 12.6. The van der Waals surface area contributed by atoms with Gasteiger partial charge in [0.1, 0.15) is 0 Å². The number of rotatable bonds is 9. The van der Waals surface area contributed by atoms with Crippen molar-refractivity contribution in [2.75, 3.05) is 13.1 Å². The van der Waals surface area contributed by atoms with E-state index in [1.54, 1.807) is 0 Å². The molecule has 0 heterocycles. The minimum atomic E-state index is 0.111. The molecule has 0 fully saturated rings. The Morgan fingerprint density at radius 3 is 2.19 bits per heavy atom. The third kappa shape index (κ3) is 5.47. The minimum absolute atomic E-state index is 0.111. The lowest BCUT2D eigenvalue weighted by atomic mass is 9.73. The Morgan fingerprint density at radius 2 is 1.71 bits per heavy atom. The van der Waals surface area contributed by atoms with Crippen molar-refractivity contribution >= 4 is 23.2 Å². The zero-order valence-electron chi connectivity index (χ0n) is 13.8. The highest BCUT2D eigenvalue weighted by Gasteiger charge is 2.32. The van der Waals surface area contributed by atoms with E-state index in [0.29, 0.717) is 10.9 Å².